The lowest BCUT2D eigenvalue weighted by atomic mass is 9.77. The zero-order valence-corrected chi connectivity index (χ0v) is 21.7. The Morgan fingerprint density at radius 1 is 0.758 bits per heavy atom. The molecule has 0 aromatic heterocycles. The predicted molar refractivity (Wildman–Crippen MR) is 140 cm³/mol. The smallest absolute Gasteiger partial charge is 0.309 e. The SMILES string of the molecule is CCCCCCC1CC(CCCCc2ccc(C3CCC(CCCCC)CC3)cc2)OC1=O. The molecule has 0 radical (unpaired) electrons. The van der Waals surface area contributed by atoms with Crippen molar-refractivity contribution in [1.82, 2.24) is 0 Å². The molecule has 2 atom stereocenters. The molecule has 1 heterocycles. The number of unbranched alkanes of at least 4 members (excludes halogenated alkanes) is 6. The summed E-state index contributed by atoms with van der Waals surface area (Å²) in [6, 6.07) is 9.54. The summed E-state index contributed by atoms with van der Waals surface area (Å²) in [5.74, 6) is 2.02. The Hall–Kier alpha value is -1.31. The molecule has 1 aliphatic carbocycles. The summed E-state index contributed by atoms with van der Waals surface area (Å²) in [5, 5.41) is 0. The summed E-state index contributed by atoms with van der Waals surface area (Å²) in [7, 11) is 0. The van der Waals surface area contributed by atoms with Crippen LogP contribution in [0.5, 0.6) is 0 Å². The summed E-state index contributed by atoms with van der Waals surface area (Å²) < 4.78 is 5.66. The second-order valence-electron chi connectivity index (χ2n) is 11.0. The van der Waals surface area contributed by atoms with E-state index < -0.39 is 0 Å². The maximum absolute atomic E-state index is 12.1. The number of ether oxygens (including phenoxy) is 1. The molecule has 0 bridgehead atoms. The van der Waals surface area contributed by atoms with Gasteiger partial charge in [-0.15, -0.1) is 0 Å². The average molecular weight is 455 g/mol. The number of hydrogen-bond donors (Lipinski definition) is 0. The van der Waals surface area contributed by atoms with Gasteiger partial charge in [0.2, 0.25) is 0 Å². The van der Waals surface area contributed by atoms with Gasteiger partial charge in [-0.25, -0.2) is 0 Å². The van der Waals surface area contributed by atoms with Gasteiger partial charge in [0, 0.05) is 0 Å². The number of carbonyl (C=O) groups excluding carboxylic acids is 1. The largest absolute Gasteiger partial charge is 0.462 e. The Morgan fingerprint density at radius 2 is 1.42 bits per heavy atom. The fraction of sp³-hybridized carbons (Fsp3) is 0.774. The van der Waals surface area contributed by atoms with Gasteiger partial charge in [0.05, 0.1) is 5.92 Å². The molecule has 2 heteroatoms. The molecule has 1 saturated carbocycles. The highest BCUT2D eigenvalue weighted by Crippen LogP contribution is 2.38. The molecular formula is C31H50O2. The minimum Gasteiger partial charge on any atom is -0.462 e. The van der Waals surface area contributed by atoms with E-state index in [0.29, 0.717) is 0 Å². The third-order valence-corrected chi connectivity index (χ3v) is 8.33. The van der Waals surface area contributed by atoms with Crippen molar-refractivity contribution >= 4 is 5.97 Å². The Bertz CT molecular complexity index is 656. The molecule has 0 amide bonds. The van der Waals surface area contributed by atoms with Crippen molar-refractivity contribution in [2.75, 3.05) is 0 Å². The quantitative estimate of drug-likeness (QED) is 0.195. The fourth-order valence-corrected chi connectivity index (χ4v) is 6.08. The summed E-state index contributed by atoms with van der Waals surface area (Å²) >= 11 is 0. The van der Waals surface area contributed by atoms with Crippen LogP contribution in [0.3, 0.4) is 0 Å². The molecule has 2 fully saturated rings. The second-order valence-corrected chi connectivity index (χ2v) is 11.0. The second kappa shape index (κ2) is 14.8. The standard InChI is InChI=1S/C31H50O2/c1-3-5-7-9-14-29-24-30(33-31(29)32)15-11-10-13-26-18-22-28(23-19-26)27-20-16-25(17-21-27)12-8-6-4-2/h18-19,22-23,25,27,29-30H,3-17,20-21,24H2,1-2H3. The molecule has 2 aliphatic rings. The molecule has 0 spiro atoms. The molecule has 1 aromatic rings. The number of hydrogen-bond acceptors (Lipinski definition) is 2. The first kappa shape index (κ1) is 26.3. The van der Waals surface area contributed by atoms with E-state index in [4.69, 9.17) is 4.74 Å². The van der Waals surface area contributed by atoms with Gasteiger partial charge in [-0.1, -0.05) is 89.5 Å². The predicted octanol–water partition coefficient (Wildman–Crippen LogP) is 9.16. The highest BCUT2D eigenvalue weighted by atomic mass is 16.5. The van der Waals surface area contributed by atoms with Crippen LogP contribution in [0.25, 0.3) is 0 Å². The lowest BCUT2D eigenvalue weighted by molar-refractivity contribution is -0.144. The van der Waals surface area contributed by atoms with E-state index >= 15 is 0 Å². The first-order chi connectivity index (χ1) is 16.2. The van der Waals surface area contributed by atoms with Crippen LogP contribution in [-0.4, -0.2) is 12.1 Å². The summed E-state index contributed by atoms with van der Waals surface area (Å²) in [6.45, 7) is 4.53. The van der Waals surface area contributed by atoms with Gasteiger partial charge in [0.25, 0.3) is 0 Å². The van der Waals surface area contributed by atoms with E-state index in [2.05, 4.69) is 38.1 Å². The van der Waals surface area contributed by atoms with Crippen LogP contribution < -0.4 is 0 Å². The monoisotopic (exact) mass is 454 g/mol. The number of aryl methyl sites for hydroxylation is 1. The number of rotatable bonds is 15. The molecule has 3 rings (SSSR count). The van der Waals surface area contributed by atoms with E-state index in [-0.39, 0.29) is 18.0 Å². The van der Waals surface area contributed by atoms with Gasteiger partial charge in [0.15, 0.2) is 0 Å². The van der Waals surface area contributed by atoms with Gasteiger partial charge in [0.1, 0.15) is 6.10 Å². The Kier molecular flexibility index (Phi) is 11.8. The van der Waals surface area contributed by atoms with Gasteiger partial charge in [-0.3, -0.25) is 4.79 Å². The molecule has 2 unspecified atom stereocenters. The van der Waals surface area contributed by atoms with Crippen molar-refractivity contribution in [2.45, 2.75) is 141 Å². The lowest BCUT2D eigenvalue weighted by Gasteiger charge is -2.29. The van der Waals surface area contributed by atoms with Crippen LogP contribution in [0.1, 0.15) is 140 Å². The Labute approximate surface area is 204 Å². The number of esters is 1. The summed E-state index contributed by atoms with van der Waals surface area (Å²) in [6.07, 6.45) is 22.9. The van der Waals surface area contributed by atoms with Crippen LogP contribution in [0.2, 0.25) is 0 Å². The molecule has 1 aliphatic heterocycles. The molecule has 1 aromatic carbocycles. The Morgan fingerprint density at radius 3 is 2.15 bits per heavy atom. The van der Waals surface area contributed by atoms with E-state index in [1.54, 1.807) is 5.56 Å². The van der Waals surface area contributed by atoms with Crippen molar-refractivity contribution in [3.05, 3.63) is 35.4 Å². The van der Waals surface area contributed by atoms with Crippen molar-refractivity contribution in [3.63, 3.8) is 0 Å². The van der Waals surface area contributed by atoms with Crippen molar-refractivity contribution < 1.29 is 9.53 Å². The lowest BCUT2D eigenvalue weighted by Crippen LogP contribution is -2.13. The minimum absolute atomic E-state index is 0.0714. The van der Waals surface area contributed by atoms with Gasteiger partial charge in [-0.2, -0.15) is 0 Å². The molecule has 1 saturated heterocycles. The highest BCUT2D eigenvalue weighted by molar-refractivity contribution is 5.74. The molecule has 33 heavy (non-hydrogen) atoms. The maximum atomic E-state index is 12.1. The summed E-state index contributed by atoms with van der Waals surface area (Å²) in [4.78, 5) is 12.1. The highest BCUT2D eigenvalue weighted by Gasteiger charge is 2.33. The van der Waals surface area contributed by atoms with Crippen LogP contribution in [0.4, 0.5) is 0 Å². The minimum atomic E-state index is 0.0714. The number of carbonyl (C=O) groups is 1. The summed E-state index contributed by atoms with van der Waals surface area (Å²) in [5.41, 5.74) is 3.03. The van der Waals surface area contributed by atoms with Crippen molar-refractivity contribution in [2.24, 2.45) is 11.8 Å². The van der Waals surface area contributed by atoms with E-state index in [1.807, 2.05) is 0 Å². The van der Waals surface area contributed by atoms with E-state index in [0.717, 1.165) is 43.9 Å². The van der Waals surface area contributed by atoms with Crippen LogP contribution in [0, 0.1) is 11.8 Å². The molecule has 2 nitrogen and oxygen atoms in total. The van der Waals surface area contributed by atoms with Crippen LogP contribution in [-0.2, 0) is 16.0 Å². The zero-order valence-electron chi connectivity index (χ0n) is 21.7. The van der Waals surface area contributed by atoms with Crippen molar-refractivity contribution in [3.8, 4) is 0 Å². The van der Waals surface area contributed by atoms with Crippen LogP contribution in [0.15, 0.2) is 24.3 Å². The van der Waals surface area contributed by atoms with E-state index in [1.165, 1.54) is 89.0 Å². The van der Waals surface area contributed by atoms with E-state index in [9.17, 15) is 4.79 Å². The van der Waals surface area contributed by atoms with Crippen molar-refractivity contribution in [1.29, 1.82) is 0 Å². The van der Waals surface area contributed by atoms with Gasteiger partial charge in [-0.05, 0) is 87.2 Å². The molecule has 186 valence electrons. The number of cyclic esters (lactones) is 1. The molecule has 0 N–H and O–H groups in total. The molecular weight excluding hydrogens is 404 g/mol. The average Bonchev–Trinajstić information content (AvgIpc) is 3.20. The topological polar surface area (TPSA) is 26.3 Å². The zero-order chi connectivity index (χ0) is 23.3. The van der Waals surface area contributed by atoms with Gasteiger partial charge >= 0.3 is 5.97 Å². The number of benzene rings is 1. The normalized spacial score (nSPS) is 25.3. The third kappa shape index (κ3) is 9.10. The fourth-order valence-electron chi connectivity index (χ4n) is 6.08. The maximum Gasteiger partial charge on any atom is 0.309 e. The third-order valence-electron chi connectivity index (χ3n) is 8.33. The van der Waals surface area contributed by atoms with Gasteiger partial charge < -0.3 is 4.74 Å². The first-order valence-corrected chi connectivity index (χ1v) is 14.5. The van der Waals surface area contributed by atoms with Crippen LogP contribution >= 0.6 is 0 Å². The Balaban J connectivity index is 1.29. The first-order valence-electron chi connectivity index (χ1n) is 14.5.